The summed E-state index contributed by atoms with van der Waals surface area (Å²) in [5.41, 5.74) is 0. The summed E-state index contributed by atoms with van der Waals surface area (Å²) in [5, 5.41) is 0.502. The lowest BCUT2D eigenvalue weighted by Gasteiger charge is -2.38. The predicted molar refractivity (Wildman–Crippen MR) is 65.8 cm³/mol. The van der Waals surface area contributed by atoms with Gasteiger partial charge in [-0.25, -0.2) is 0 Å². The average Bonchev–Trinajstić information content (AvgIpc) is 1.83. The Bertz CT molecular complexity index is 161. The van der Waals surface area contributed by atoms with Crippen molar-refractivity contribution in [3.63, 3.8) is 0 Å². The van der Waals surface area contributed by atoms with E-state index in [1.165, 1.54) is 0 Å². The molecule has 0 N–H and O–H groups in total. The number of halogens is 1. The van der Waals surface area contributed by atoms with Gasteiger partial charge in [0.1, 0.15) is 5.01 Å². The van der Waals surface area contributed by atoms with Gasteiger partial charge in [-0.2, -0.15) is 0 Å². The van der Waals surface area contributed by atoms with Gasteiger partial charge in [-0.3, -0.25) is 0 Å². The van der Waals surface area contributed by atoms with E-state index in [0.29, 0.717) is 11.0 Å². The Hall–Kier alpha value is 0.657. The van der Waals surface area contributed by atoms with Gasteiger partial charge in [0, 0.05) is 0 Å². The van der Waals surface area contributed by atoms with Crippen LogP contribution in [0, 0.1) is 5.92 Å². The minimum atomic E-state index is -1.58. The fourth-order valence-electron chi connectivity index (χ4n) is 0.594. The van der Waals surface area contributed by atoms with E-state index in [-0.39, 0.29) is 5.01 Å². The lowest BCUT2D eigenvalue weighted by atomic mass is 10.2. The molecule has 0 fully saturated rings. The number of alkyl halides is 1. The highest BCUT2D eigenvalue weighted by Gasteiger charge is 2.39. The SMILES string of the molecule is CC(C)C(Br)O[Si](C)(C)C(C)(C)C. The lowest BCUT2D eigenvalue weighted by molar-refractivity contribution is 0.220. The minimum absolute atomic E-state index is 0.202. The van der Waals surface area contributed by atoms with Crippen LogP contribution in [-0.4, -0.2) is 13.3 Å². The molecule has 0 aliphatic heterocycles. The molecule has 0 aliphatic rings. The number of hydrogen-bond donors (Lipinski definition) is 0. The van der Waals surface area contributed by atoms with E-state index >= 15 is 0 Å². The van der Waals surface area contributed by atoms with Crippen molar-refractivity contribution in [1.82, 2.24) is 0 Å². The summed E-state index contributed by atoms with van der Waals surface area (Å²) in [4.78, 5) is 0. The predicted octanol–water partition coefficient (Wildman–Crippen LogP) is 4.39. The lowest BCUT2D eigenvalue weighted by Crippen LogP contribution is -2.43. The van der Waals surface area contributed by atoms with Gasteiger partial charge in [-0.15, -0.1) is 0 Å². The van der Waals surface area contributed by atoms with Crippen molar-refractivity contribution < 1.29 is 4.43 Å². The van der Waals surface area contributed by atoms with E-state index < -0.39 is 8.32 Å². The van der Waals surface area contributed by atoms with Crippen molar-refractivity contribution >= 4 is 24.2 Å². The summed E-state index contributed by atoms with van der Waals surface area (Å²) in [7, 11) is -1.58. The maximum absolute atomic E-state index is 6.12. The Kier molecular flexibility index (Phi) is 4.68. The second-order valence-electron chi connectivity index (χ2n) is 5.47. The van der Waals surface area contributed by atoms with Crippen molar-refractivity contribution in [1.29, 1.82) is 0 Å². The Morgan fingerprint density at radius 3 is 1.77 bits per heavy atom. The zero-order valence-electron chi connectivity index (χ0n) is 9.94. The number of hydrogen-bond acceptors (Lipinski definition) is 1. The van der Waals surface area contributed by atoms with Crippen LogP contribution in [0.2, 0.25) is 18.1 Å². The fraction of sp³-hybridized carbons (Fsp3) is 1.00. The maximum Gasteiger partial charge on any atom is 0.193 e. The Morgan fingerprint density at radius 1 is 1.15 bits per heavy atom. The van der Waals surface area contributed by atoms with Gasteiger partial charge in [-0.05, 0) is 24.1 Å². The number of rotatable bonds is 3. The summed E-state index contributed by atoms with van der Waals surface area (Å²) < 4.78 is 6.12. The molecule has 0 aromatic carbocycles. The molecule has 1 nitrogen and oxygen atoms in total. The van der Waals surface area contributed by atoms with Gasteiger partial charge in [0.15, 0.2) is 8.32 Å². The first-order valence-corrected chi connectivity index (χ1v) is 8.72. The molecule has 80 valence electrons. The van der Waals surface area contributed by atoms with E-state index in [9.17, 15) is 0 Å². The zero-order valence-corrected chi connectivity index (χ0v) is 12.5. The van der Waals surface area contributed by atoms with E-state index in [1.54, 1.807) is 0 Å². The summed E-state index contributed by atoms with van der Waals surface area (Å²) >= 11 is 3.58. The summed E-state index contributed by atoms with van der Waals surface area (Å²) in [6.45, 7) is 15.7. The third kappa shape index (κ3) is 4.13. The molecule has 13 heavy (non-hydrogen) atoms. The van der Waals surface area contributed by atoms with Crippen LogP contribution in [0.25, 0.3) is 0 Å². The molecule has 1 unspecified atom stereocenters. The highest BCUT2D eigenvalue weighted by molar-refractivity contribution is 9.09. The van der Waals surface area contributed by atoms with Gasteiger partial charge in [-0.1, -0.05) is 50.5 Å². The molecule has 0 bridgehead atoms. The average molecular weight is 267 g/mol. The van der Waals surface area contributed by atoms with Gasteiger partial charge >= 0.3 is 0 Å². The van der Waals surface area contributed by atoms with Crippen LogP contribution >= 0.6 is 15.9 Å². The molecule has 0 saturated carbocycles. The van der Waals surface area contributed by atoms with Crippen molar-refractivity contribution in [3.05, 3.63) is 0 Å². The summed E-state index contributed by atoms with van der Waals surface area (Å²) in [5.74, 6) is 0.536. The van der Waals surface area contributed by atoms with Gasteiger partial charge in [0.25, 0.3) is 0 Å². The highest BCUT2D eigenvalue weighted by Crippen LogP contribution is 2.38. The molecule has 0 radical (unpaired) electrons. The maximum atomic E-state index is 6.12. The molecular formula is C10H23BrOSi. The minimum Gasteiger partial charge on any atom is -0.404 e. The van der Waals surface area contributed by atoms with Crippen LogP contribution in [0.3, 0.4) is 0 Å². The van der Waals surface area contributed by atoms with Crippen LogP contribution in [0.15, 0.2) is 0 Å². The third-order valence-corrected chi connectivity index (χ3v) is 8.78. The normalized spacial score (nSPS) is 16.4. The topological polar surface area (TPSA) is 9.23 Å². The zero-order chi connectivity index (χ0) is 10.9. The molecule has 0 aromatic heterocycles. The quantitative estimate of drug-likeness (QED) is 0.544. The monoisotopic (exact) mass is 266 g/mol. The van der Waals surface area contributed by atoms with E-state index in [1.807, 2.05) is 0 Å². The smallest absolute Gasteiger partial charge is 0.193 e. The van der Waals surface area contributed by atoms with E-state index in [2.05, 4.69) is 63.6 Å². The first kappa shape index (κ1) is 13.7. The van der Waals surface area contributed by atoms with Crippen LogP contribution in [0.1, 0.15) is 34.6 Å². The second kappa shape index (κ2) is 4.45. The molecule has 0 amide bonds. The van der Waals surface area contributed by atoms with E-state index in [0.717, 1.165) is 0 Å². The van der Waals surface area contributed by atoms with Gasteiger partial charge in [0.2, 0.25) is 0 Å². The van der Waals surface area contributed by atoms with Gasteiger partial charge in [0.05, 0.1) is 0 Å². The fourth-order valence-corrected chi connectivity index (χ4v) is 3.18. The molecule has 0 aromatic rings. The largest absolute Gasteiger partial charge is 0.404 e. The van der Waals surface area contributed by atoms with Crippen molar-refractivity contribution in [2.24, 2.45) is 5.92 Å². The van der Waals surface area contributed by atoms with Crippen LogP contribution in [0.5, 0.6) is 0 Å². The summed E-state index contributed by atoms with van der Waals surface area (Å²) in [6, 6.07) is 0. The molecule has 3 heteroatoms. The third-order valence-electron chi connectivity index (χ3n) is 2.74. The van der Waals surface area contributed by atoms with Crippen molar-refractivity contribution in [2.75, 3.05) is 0 Å². The first-order chi connectivity index (χ1) is 5.58. The molecule has 1 atom stereocenters. The first-order valence-electron chi connectivity index (χ1n) is 4.90. The Labute approximate surface area is 92.5 Å². The second-order valence-corrected chi connectivity index (χ2v) is 11.1. The standard InChI is InChI=1S/C10H23BrOSi/c1-8(2)9(11)12-13(6,7)10(3,4)5/h8-9H,1-7H3. The molecular weight excluding hydrogens is 244 g/mol. The van der Waals surface area contributed by atoms with Crippen LogP contribution in [-0.2, 0) is 4.43 Å². The Morgan fingerprint density at radius 2 is 1.54 bits per heavy atom. The molecule has 0 spiro atoms. The van der Waals surface area contributed by atoms with E-state index in [4.69, 9.17) is 4.43 Å². The molecule has 0 rings (SSSR count). The van der Waals surface area contributed by atoms with Gasteiger partial charge < -0.3 is 4.43 Å². The molecule has 0 heterocycles. The highest BCUT2D eigenvalue weighted by atomic mass is 79.9. The summed E-state index contributed by atoms with van der Waals surface area (Å²) in [6.07, 6.45) is 0. The van der Waals surface area contributed by atoms with Crippen molar-refractivity contribution in [3.8, 4) is 0 Å². The Balaban J connectivity index is 4.34. The van der Waals surface area contributed by atoms with Crippen LogP contribution in [0.4, 0.5) is 0 Å². The molecule has 0 aliphatic carbocycles. The van der Waals surface area contributed by atoms with Crippen molar-refractivity contribution in [2.45, 2.75) is 57.8 Å². The van der Waals surface area contributed by atoms with Crippen LogP contribution < -0.4 is 0 Å². The molecule has 0 saturated heterocycles.